The van der Waals surface area contributed by atoms with Gasteiger partial charge in [0.1, 0.15) is 6.04 Å². The van der Waals surface area contributed by atoms with E-state index in [-0.39, 0.29) is 30.8 Å². The number of imide groups is 1. The molecule has 166 valence electrons. The molecule has 1 aromatic heterocycles. The first kappa shape index (κ1) is 21.6. The van der Waals surface area contributed by atoms with E-state index in [1.807, 2.05) is 55.6 Å². The van der Waals surface area contributed by atoms with Gasteiger partial charge in [0.2, 0.25) is 5.91 Å². The molecule has 7 heteroatoms. The maximum atomic E-state index is 12.7. The van der Waals surface area contributed by atoms with E-state index in [0.717, 1.165) is 29.3 Å². The van der Waals surface area contributed by atoms with Gasteiger partial charge in [-0.2, -0.15) is 0 Å². The number of carbonyl (C=O) groups excluding carboxylic acids is 3. The number of amides is 4. The van der Waals surface area contributed by atoms with Gasteiger partial charge >= 0.3 is 6.03 Å². The van der Waals surface area contributed by atoms with E-state index in [4.69, 9.17) is 0 Å². The first-order chi connectivity index (χ1) is 15.5. The van der Waals surface area contributed by atoms with Crippen molar-refractivity contribution in [3.05, 3.63) is 71.9 Å². The van der Waals surface area contributed by atoms with Gasteiger partial charge in [0.25, 0.3) is 5.91 Å². The standard InChI is InChI=1S/C25H28N4O3/c1-17(11-12-18-7-3-2-4-8-18)27-23(30)15-22-24(31)29(25(32)28-22)14-13-19-16-26-21-10-6-5-9-20(19)21/h2-10,16-17,22,26H,11-15H2,1H3,(H,27,30)(H,28,32)/t17?,22-/m0/s1. The van der Waals surface area contributed by atoms with Crippen molar-refractivity contribution >= 4 is 28.7 Å². The second-order valence-corrected chi connectivity index (χ2v) is 8.30. The number of urea groups is 1. The van der Waals surface area contributed by atoms with Crippen LogP contribution in [-0.4, -0.2) is 46.4 Å². The summed E-state index contributed by atoms with van der Waals surface area (Å²) in [6, 6.07) is 16.7. The van der Waals surface area contributed by atoms with Crippen LogP contribution < -0.4 is 10.6 Å². The Morgan fingerprint density at radius 2 is 1.81 bits per heavy atom. The lowest BCUT2D eigenvalue weighted by atomic mass is 10.1. The topological polar surface area (TPSA) is 94.3 Å². The maximum absolute atomic E-state index is 12.7. The Kier molecular flexibility index (Phi) is 6.54. The molecule has 1 saturated heterocycles. The summed E-state index contributed by atoms with van der Waals surface area (Å²) in [5.74, 6) is -0.579. The van der Waals surface area contributed by atoms with Gasteiger partial charge in [-0.05, 0) is 43.4 Å². The van der Waals surface area contributed by atoms with Crippen molar-refractivity contribution in [2.24, 2.45) is 0 Å². The molecule has 32 heavy (non-hydrogen) atoms. The van der Waals surface area contributed by atoms with Gasteiger partial charge in [0.15, 0.2) is 0 Å². The number of para-hydroxylation sites is 1. The highest BCUT2D eigenvalue weighted by Gasteiger charge is 2.38. The third kappa shape index (κ3) is 4.99. The number of benzene rings is 2. The second kappa shape index (κ2) is 9.68. The number of hydrogen-bond acceptors (Lipinski definition) is 3. The molecule has 4 rings (SSSR count). The van der Waals surface area contributed by atoms with Crippen LogP contribution >= 0.6 is 0 Å². The Bertz CT molecular complexity index is 1110. The molecule has 1 aliphatic heterocycles. The van der Waals surface area contributed by atoms with Gasteiger partial charge < -0.3 is 15.6 Å². The van der Waals surface area contributed by atoms with Crippen molar-refractivity contribution < 1.29 is 14.4 Å². The number of hydrogen-bond donors (Lipinski definition) is 3. The van der Waals surface area contributed by atoms with Crippen LogP contribution in [0.5, 0.6) is 0 Å². The van der Waals surface area contributed by atoms with E-state index in [9.17, 15) is 14.4 Å². The minimum Gasteiger partial charge on any atom is -0.361 e. The third-order valence-corrected chi connectivity index (χ3v) is 5.89. The molecule has 3 N–H and O–H groups in total. The number of aromatic amines is 1. The number of aromatic nitrogens is 1. The first-order valence-corrected chi connectivity index (χ1v) is 11.0. The fourth-order valence-corrected chi connectivity index (χ4v) is 4.12. The SMILES string of the molecule is CC(CCc1ccccc1)NC(=O)C[C@@H]1NC(=O)N(CCc2c[nH]c3ccccc23)C1=O. The zero-order valence-electron chi connectivity index (χ0n) is 18.1. The summed E-state index contributed by atoms with van der Waals surface area (Å²) in [6.07, 6.45) is 4.08. The molecule has 0 saturated carbocycles. The van der Waals surface area contributed by atoms with Gasteiger partial charge in [0, 0.05) is 29.7 Å². The van der Waals surface area contributed by atoms with E-state index in [1.165, 1.54) is 10.5 Å². The van der Waals surface area contributed by atoms with E-state index in [1.54, 1.807) is 0 Å². The summed E-state index contributed by atoms with van der Waals surface area (Å²) in [7, 11) is 0. The molecular weight excluding hydrogens is 404 g/mol. The van der Waals surface area contributed by atoms with Crippen LogP contribution in [0.25, 0.3) is 10.9 Å². The number of aryl methyl sites for hydroxylation is 1. The molecule has 1 aliphatic rings. The van der Waals surface area contributed by atoms with Crippen LogP contribution in [0.15, 0.2) is 60.8 Å². The zero-order chi connectivity index (χ0) is 22.5. The Morgan fingerprint density at radius 1 is 1.06 bits per heavy atom. The van der Waals surface area contributed by atoms with Gasteiger partial charge in [0.05, 0.1) is 6.42 Å². The molecule has 0 aliphatic carbocycles. The van der Waals surface area contributed by atoms with E-state index in [0.29, 0.717) is 6.42 Å². The molecule has 1 fully saturated rings. The smallest absolute Gasteiger partial charge is 0.324 e. The Labute approximate surface area is 187 Å². The number of rotatable bonds is 9. The number of nitrogens with one attached hydrogen (secondary N) is 3. The molecular formula is C25H28N4O3. The summed E-state index contributed by atoms with van der Waals surface area (Å²) in [5.41, 5.74) is 3.29. The van der Waals surface area contributed by atoms with Gasteiger partial charge in [-0.1, -0.05) is 48.5 Å². The van der Waals surface area contributed by atoms with E-state index < -0.39 is 12.1 Å². The Balaban J connectivity index is 1.26. The van der Waals surface area contributed by atoms with E-state index >= 15 is 0 Å². The van der Waals surface area contributed by atoms with Crippen molar-refractivity contribution in [3.8, 4) is 0 Å². The molecule has 1 unspecified atom stereocenters. The Morgan fingerprint density at radius 3 is 2.62 bits per heavy atom. The first-order valence-electron chi connectivity index (χ1n) is 11.0. The third-order valence-electron chi connectivity index (χ3n) is 5.89. The fraction of sp³-hybridized carbons (Fsp3) is 0.320. The molecule has 0 radical (unpaired) electrons. The average molecular weight is 433 g/mol. The number of nitrogens with zero attached hydrogens (tertiary/aromatic N) is 1. The number of H-pyrrole nitrogens is 1. The minimum absolute atomic E-state index is 0.0205. The molecule has 2 atom stereocenters. The Hall–Kier alpha value is -3.61. The molecule has 2 aromatic carbocycles. The quantitative estimate of drug-likeness (QED) is 0.454. The highest BCUT2D eigenvalue weighted by molar-refractivity contribution is 6.05. The molecule has 0 spiro atoms. The highest BCUT2D eigenvalue weighted by Crippen LogP contribution is 2.19. The second-order valence-electron chi connectivity index (χ2n) is 8.30. The summed E-state index contributed by atoms with van der Waals surface area (Å²) in [6.45, 7) is 2.22. The zero-order valence-corrected chi connectivity index (χ0v) is 18.1. The average Bonchev–Trinajstić information content (AvgIpc) is 3.32. The van der Waals surface area contributed by atoms with Crippen LogP contribution in [0.2, 0.25) is 0 Å². The lowest BCUT2D eigenvalue weighted by Gasteiger charge is -2.16. The van der Waals surface area contributed by atoms with Crippen molar-refractivity contribution in [1.82, 2.24) is 20.5 Å². The van der Waals surface area contributed by atoms with Crippen LogP contribution in [0.1, 0.15) is 30.9 Å². The largest absolute Gasteiger partial charge is 0.361 e. The van der Waals surface area contributed by atoms with Crippen LogP contribution in [0.4, 0.5) is 4.79 Å². The van der Waals surface area contributed by atoms with Gasteiger partial charge in [-0.15, -0.1) is 0 Å². The minimum atomic E-state index is -0.813. The van der Waals surface area contributed by atoms with Gasteiger partial charge in [-0.25, -0.2) is 4.79 Å². The van der Waals surface area contributed by atoms with Crippen molar-refractivity contribution in [3.63, 3.8) is 0 Å². The highest BCUT2D eigenvalue weighted by atomic mass is 16.2. The maximum Gasteiger partial charge on any atom is 0.324 e. The molecule has 3 aromatic rings. The normalized spacial score (nSPS) is 16.9. The summed E-state index contributed by atoms with van der Waals surface area (Å²) < 4.78 is 0. The van der Waals surface area contributed by atoms with Crippen molar-refractivity contribution in [2.45, 2.75) is 44.7 Å². The molecule has 2 heterocycles. The van der Waals surface area contributed by atoms with Crippen molar-refractivity contribution in [1.29, 1.82) is 0 Å². The van der Waals surface area contributed by atoms with Crippen LogP contribution in [0, 0.1) is 0 Å². The predicted molar refractivity (Wildman–Crippen MR) is 123 cm³/mol. The predicted octanol–water partition coefficient (Wildman–Crippen LogP) is 3.16. The molecule has 0 bridgehead atoms. The van der Waals surface area contributed by atoms with Crippen LogP contribution in [-0.2, 0) is 22.4 Å². The lowest BCUT2D eigenvalue weighted by Crippen LogP contribution is -2.40. The number of fused-ring (bicyclic) bond motifs is 1. The fourth-order valence-electron chi connectivity index (χ4n) is 4.12. The summed E-state index contributed by atoms with van der Waals surface area (Å²) in [5, 5.41) is 6.67. The lowest BCUT2D eigenvalue weighted by molar-refractivity contribution is -0.131. The monoisotopic (exact) mass is 432 g/mol. The molecule has 7 nitrogen and oxygen atoms in total. The molecule has 4 amide bonds. The number of carbonyl (C=O) groups is 3. The summed E-state index contributed by atoms with van der Waals surface area (Å²) >= 11 is 0. The van der Waals surface area contributed by atoms with Crippen LogP contribution in [0.3, 0.4) is 0 Å². The van der Waals surface area contributed by atoms with Crippen molar-refractivity contribution in [2.75, 3.05) is 6.54 Å². The van der Waals surface area contributed by atoms with E-state index in [2.05, 4.69) is 27.8 Å². The van der Waals surface area contributed by atoms with Gasteiger partial charge in [-0.3, -0.25) is 14.5 Å². The summed E-state index contributed by atoms with van der Waals surface area (Å²) in [4.78, 5) is 41.9.